The molecule has 7 nitrogen and oxygen atoms in total. The summed E-state index contributed by atoms with van der Waals surface area (Å²) in [6, 6.07) is 9.17. The molecule has 1 atom stereocenters. The van der Waals surface area contributed by atoms with Gasteiger partial charge in [-0.05, 0) is 24.4 Å². The van der Waals surface area contributed by atoms with Gasteiger partial charge in [-0.25, -0.2) is 4.79 Å². The van der Waals surface area contributed by atoms with Gasteiger partial charge in [-0.2, -0.15) is 0 Å². The topological polar surface area (TPSA) is 98.5 Å². The molecule has 0 aliphatic heterocycles. The van der Waals surface area contributed by atoms with Gasteiger partial charge in [-0.3, -0.25) is 14.9 Å². The predicted octanol–water partition coefficient (Wildman–Crippen LogP) is 2.52. The highest BCUT2D eigenvalue weighted by Gasteiger charge is 2.24. The molecule has 0 bridgehead atoms. The van der Waals surface area contributed by atoms with Crippen LogP contribution < -0.4 is 5.32 Å². The Morgan fingerprint density at radius 2 is 2.04 bits per heavy atom. The molecular formula is C15H14N2O5S. The second-order valence-electron chi connectivity index (χ2n) is 4.62. The fourth-order valence-corrected chi connectivity index (χ4v) is 2.46. The summed E-state index contributed by atoms with van der Waals surface area (Å²) >= 11 is 1.50. The Kier molecular flexibility index (Phi) is 5.42. The van der Waals surface area contributed by atoms with E-state index < -0.39 is 22.9 Å². The van der Waals surface area contributed by atoms with E-state index in [1.165, 1.54) is 42.5 Å². The Labute approximate surface area is 136 Å². The summed E-state index contributed by atoms with van der Waals surface area (Å²) in [4.78, 5) is 35.1. The van der Waals surface area contributed by atoms with Gasteiger partial charge in [0.05, 0.1) is 11.5 Å². The van der Waals surface area contributed by atoms with Crippen molar-refractivity contribution in [3.63, 3.8) is 0 Å². The minimum Gasteiger partial charge on any atom is -0.449 e. The Bertz CT molecular complexity index is 714. The third-order valence-corrected chi connectivity index (χ3v) is 3.87. The van der Waals surface area contributed by atoms with Crippen molar-refractivity contribution in [2.75, 3.05) is 0 Å². The molecule has 120 valence electrons. The molecule has 1 aromatic heterocycles. The van der Waals surface area contributed by atoms with E-state index in [9.17, 15) is 19.7 Å². The van der Waals surface area contributed by atoms with Crippen LogP contribution in [0, 0.1) is 10.1 Å². The molecule has 0 radical (unpaired) electrons. The summed E-state index contributed by atoms with van der Waals surface area (Å²) in [6.07, 6.45) is -1.05. The Morgan fingerprint density at radius 3 is 2.70 bits per heavy atom. The van der Waals surface area contributed by atoms with E-state index in [1.54, 1.807) is 0 Å². The molecule has 2 rings (SSSR count). The number of nitro benzene ring substituents is 1. The number of thiophene rings is 1. The van der Waals surface area contributed by atoms with Crippen LogP contribution in [0.1, 0.15) is 22.2 Å². The molecule has 2 aromatic rings. The van der Waals surface area contributed by atoms with Crippen molar-refractivity contribution in [1.82, 2.24) is 5.32 Å². The van der Waals surface area contributed by atoms with Crippen LogP contribution in [-0.4, -0.2) is 22.9 Å². The van der Waals surface area contributed by atoms with Crippen molar-refractivity contribution in [2.24, 2.45) is 0 Å². The van der Waals surface area contributed by atoms with Crippen molar-refractivity contribution in [1.29, 1.82) is 0 Å². The smallest absolute Gasteiger partial charge is 0.345 e. The van der Waals surface area contributed by atoms with Crippen molar-refractivity contribution < 1.29 is 19.2 Å². The van der Waals surface area contributed by atoms with E-state index in [0.717, 1.165) is 4.88 Å². The van der Waals surface area contributed by atoms with Crippen molar-refractivity contribution in [3.8, 4) is 0 Å². The highest BCUT2D eigenvalue weighted by molar-refractivity contribution is 7.09. The number of nitrogens with one attached hydrogen (secondary N) is 1. The number of carbonyl (C=O) groups is 2. The minimum atomic E-state index is -1.05. The quantitative estimate of drug-likeness (QED) is 0.497. The van der Waals surface area contributed by atoms with Crippen LogP contribution in [0.2, 0.25) is 0 Å². The Hall–Kier alpha value is -2.74. The van der Waals surface area contributed by atoms with Crippen molar-refractivity contribution in [3.05, 3.63) is 62.3 Å². The van der Waals surface area contributed by atoms with Gasteiger partial charge < -0.3 is 10.1 Å². The SMILES string of the molecule is CC(OC(=O)c1ccccc1[N+](=O)[O-])C(=O)NCc1cccs1. The number of amides is 1. The summed E-state index contributed by atoms with van der Waals surface area (Å²) in [7, 11) is 0. The predicted molar refractivity (Wildman–Crippen MR) is 84.1 cm³/mol. The monoisotopic (exact) mass is 334 g/mol. The van der Waals surface area contributed by atoms with E-state index >= 15 is 0 Å². The number of nitrogens with zero attached hydrogens (tertiary/aromatic N) is 1. The van der Waals surface area contributed by atoms with E-state index in [-0.39, 0.29) is 11.3 Å². The van der Waals surface area contributed by atoms with Gasteiger partial charge in [0, 0.05) is 10.9 Å². The number of rotatable bonds is 6. The number of esters is 1. The molecule has 0 saturated heterocycles. The van der Waals surface area contributed by atoms with Crippen molar-refractivity contribution >= 4 is 28.9 Å². The number of para-hydroxylation sites is 1. The first kappa shape index (κ1) is 16.6. The molecule has 23 heavy (non-hydrogen) atoms. The second kappa shape index (κ2) is 7.50. The summed E-state index contributed by atoms with van der Waals surface area (Å²) in [5.74, 6) is -1.37. The first-order chi connectivity index (χ1) is 11.0. The van der Waals surface area contributed by atoms with E-state index in [4.69, 9.17) is 4.74 Å². The number of carbonyl (C=O) groups excluding carboxylic acids is 2. The molecule has 1 aromatic carbocycles. The lowest BCUT2D eigenvalue weighted by molar-refractivity contribution is -0.385. The molecule has 0 aliphatic rings. The lowest BCUT2D eigenvalue weighted by atomic mass is 10.2. The second-order valence-corrected chi connectivity index (χ2v) is 5.65. The van der Waals surface area contributed by atoms with E-state index in [2.05, 4.69) is 5.32 Å². The highest BCUT2D eigenvalue weighted by atomic mass is 32.1. The van der Waals surface area contributed by atoms with Crippen LogP contribution in [0.5, 0.6) is 0 Å². The number of ether oxygens (including phenoxy) is 1. The van der Waals surface area contributed by atoms with Crippen LogP contribution in [0.3, 0.4) is 0 Å². The molecule has 1 heterocycles. The summed E-state index contributed by atoms with van der Waals surface area (Å²) in [5, 5.41) is 15.4. The highest BCUT2D eigenvalue weighted by Crippen LogP contribution is 2.19. The normalized spacial score (nSPS) is 11.5. The van der Waals surface area contributed by atoms with Gasteiger partial charge >= 0.3 is 5.97 Å². The average molecular weight is 334 g/mol. The number of hydrogen-bond donors (Lipinski definition) is 1. The van der Waals surface area contributed by atoms with Gasteiger partial charge in [0.25, 0.3) is 11.6 Å². The molecule has 0 saturated carbocycles. The third-order valence-electron chi connectivity index (χ3n) is 2.99. The molecule has 1 amide bonds. The number of nitro groups is 1. The largest absolute Gasteiger partial charge is 0.449 e. The fourth-order valence-electron chi connectivity index (χ4n) is 1.81. The minimum absolute atomic E-state index is 0.185. The third kappa shape index (κ3) is 4.36. The van der Waals surface area contributed by atoms with Crippen LogP contribution in [0.15, 0.2) is 41.8 Å². The lowest BCUT2D eigenvalue weighted by Crippen LogP contribution is -2.35. The van der Waals surface area contributed by atoms with Crippen LogP contribution in [0.25, 0.3) is 0 Å². The van der Waals surface area contributed by atoms with Crippen molar-refractivity contribution in [2.45, 2.75) is 19.6 Å². The number of benzene rings is 1. The zero-order chi connectivity index (χ0) is 16.8. The van der Waals surface area contributed by atoms with Gasteiger partial charge in [-0.15, -0.1) is 11.3 Å². The maximum Gasteiger partial charge on any atom is 0.345 e. The van der Waals surface area contributed by atoms with Crippen LogP contribution in [0.4, 0.5) is 5.69 Å². The first-order valence-electron chi connectivity index (χ1n) is 6.73. The standard InChI is InChI=1S/C15H14N2O5S/c1-10(14(18)16-9-11-5-4-8-23-11)22-15(19)12-6-2-3-7-13(12)17(20)21/h2-8,10H,9H2,1H3,(H,16,18). The zero-order valence-electron chi connectivity index (χ0n) is 12.2. The molecule has 1 unspecified atom stereocenters. The van der Waals surface area contributed by atoms with E-state index in [1.807, 2.05) is 17.5 Å². The molecular weight excluding hydrogens is 320 g/mol. The maximum absolute atomic E-state index is 12.0. The van der Waals surface area contributed by atoms with Crippen LogP contribution >= 0.6 is 11.3 Å². The molecule has 0 fully saturated rings. The van der Waals surface area contributed by atoms with Gasteiger partial charge in [-0.1, -0.05) is 18.2 Å². The van der Waals surface area contributed by atoms with Gasteiger partial charge in [0.1, 0.15) is 5.56 Å². The maximum atomic E-state index is 12.0. The number of hydrogen-bond acceptors (Lipinski definition) is 6. The molecule has 0 spiro atoms. The van der Waals surface area contributed by atoms with Gasteiger partial charge in [0.2, 0.25) is 0 Å². The lowest BCUT2D eigenvalue weighted by Gasteiger charge is -2.13. The zero-order valence-corrected chi connectivity index (χ0v) is 13.0. The molecule has 8 heteroatoms. The van der Waals surface area contributed by atoms with Gasteiger partial charge in [0.15, 0.2) is 6.10 Å². The summed E-state index contributed by atoms with van der Waals surface area (Å²) in [5.41, 5.74) is -0.542. The fraction of sp³-hybridized carbons (Fsp3) is 0.200. The van der Waals surface area contributed by atoms with E-state index in [0.29, 0.717) is 6.54 Å². The first-order valence-corrected chi connectivity index (χ1v) is 7.61. The molecule has 1 N–H and O–H groups in total. The summed E-state index contributed by atoms with van der Waals surface area (Å²) in [6.45, 7) is 1.75. The molecule has 0 aliphatic carbocycles. The van der Waals surface area contributed by atoms with Crippen LogP contribution in [-0.2, 0) is 16.1 Å². The summed E-state index contributed by atoms with van der Waals surface area (Å²) < 4.78 is 5.01. The Morgan fingerprint density at radius 1 is 1.30 bits per heavy atom. The average Bonchev–Trinajstić information content (AvgIpc) is 3.05. The Balaban J connectivity index is 1.96.